The number of carbonyl (C=O) groups excluding carboxylic acids is 1. The maximum Gasteiger partial charge on any atom is 0.257 e. The first-order valence-corrected chi connectivity index (χ1v) is 6.30. The van der Waals surface area contributed by atoms with Gasteiger partial charge in [-0.3, -0.25) is 4.79 Å². The molecule has 0 saturated heterocycles. The predicted molar refractivity (Wildman–Crippen MR) is 71.1 cm³/mol. The van der Waals surface area contributed by atoms with Gasteiger partial charge in [0.05, 0.1) is 18.8 Å². The van der Waals surface area contributed by atoms with Gasteiger partial charge in [-0.05, 0) is 26.3 Å². The van der Waals surface area contributed by atoms with Crippen LogP contribution in [0.5, 0.6) is 0 Å². The molecule has 0 fully saturated rings. The normalized spacial score (nSPS) is 12.6. The molecular formula is C13H18N4O2. The second kappa shape index (κ2) is 5.36. The molecule has 0 bridgehead atoms. The van der Waals surface area contributed by atoms with Crippen LogP contribution in [-0.4, -0.2) is 38.3 Å². The van der Waals surface area contributed by atoms with Crippen LogP contribution >= 0.6 is 0 Å². The summed E-state index contributed by atoms with van der Waals surface area (Å²) in [5, 5.41) is 16.1. The van der Waals surface area contributed by atoms with Gasteiger partial charge < -0.3 is 10.4 Å². The van der Waals surface area contributed by atoms with E-state index < -0.39 is 0 Å². The van der Waals surface area contributed by atoms with E-state index in [-0.39, 0.29) is 18.6 Å². The summed E-state index contributed by atoms with van der Waals surface area (Å²) in [5.41, 5.74) is 2.74. The van der Waals surface area contributed by atoms with E-state index in [9.17, 15) is 4.79 Å². The second-order valence-corrected chi connectivity index (χ2v) is 4.59. The van der Waals surface area contributed by atoms with E-state index in [0.717, 1.165) is 11.4 Å². The van der Waals surface area contributed by atoms with Gasteiger partial charge in [-0.2, -0.15) is 5.10 Å². The fraction of sp³-hybridized carbons (Fsp3) is 0.462. The Kier molecular flexibility index (Phi) is 3.80. The molecule has 2 aromatic heterocycles. The van der Waals surface area contributed by atoms with Gasteiger partial charge in [0.25, 0.3) is 5.91 Å². The van der Waals surface area contributed by atoms with Crippen molar-refractivity contribution < 1.29 is 9.90 Å². The number of aromatic nitrogens is 3. The molecule has 2 N–H and O–H groups in total. The minimum atomic E-state index is -0.256. The molecule has 0 aliphatic carbocycles. The molecule has 2 aromatic rings. The average molecular weight is 262 g/mol. The molecule has 0 aromatic carbocycles. The number of nitrogens with one attached hydrogen (secondary N) is 1. The molecule has 6 heteroatoms. The van der Waals surface area contributed by atoms with E-state index in [1.165, 1.54) is 6.20 Å². The Morgan fingerprint density at radius 1 is 1.53 bits per heavy atom. The number of fused-ring (bicyclic) bond motifs is 1. The first-order chi connectivity index (χ1) is 9.06. The summed E-state index contributed by atoms with van der Waals surface area (Å²) in [6.07, 6.45) is 2.18. The maximum atomic E-state index is 12.2. The predicted octanol–water partition coefficient (Wildman–Crippen LogP) is 0.847. The number of aryl methyl sites for hydroxylation is 2. The van der Waals surface area contributed by atoms with Crippen LogP contribution in [0.1, 0.15) is 35.1 Å². The quantitative estimate of drug-likeness (QED) is 0.856. The lowest BCUT2D eigenvalue weighted by Gasteiger charge is -2.13. The topological polar surface area (TPSA) is 79.5 Å². The van der Waals surface area contributed by atoms with Crippen molar-refractivity contribution in [1.29, 1.82) is 0 Å². The Bertz CT molecular complexity index is 602. The zero-order valence-corrected chi connectivity index (χ0v) is 11.3. The highest BCUT2D eigenvalue weighted by atomic mass is 16.3. The van der Waals surface area contributed by atoms with Crippen LogP contribution in [0.4, 0.5) is 0 Å². The van der Waals surface area contributed by atoms with Crippen LogP contribution in [0.3, 0.4) is 0 Å². The summed E-state index contributed by atoms with van der Waals surface area (Å²) in [4.78, 5) is 16.5. The lowest BCUT2D eigenvalue weighted by molar-refractivity contribution is 0.0916. The zero-order valence-electron chi connectivity index (χ0n) is 11.3. The number of nitrogens with zero attached hydrogens (tertiary/aromatic N) is 3. The zero-order chi connectivity index (χ0) is 14.0. The first kappa shape index (κ1) is 13.5. The minimum absolute atomic E-state index is 0.0765. The van der Waals surface area contributed by atoms with Crippen molar-refractivity contribution in [1.82, 2.24) is 19.9 Å². The molecular weight excluding hydrogens is 244 g/mol. The van der Waals surface area contributed by atoms with Crippen molar-refractivity contribution in [3.63, 3.8) is 0 Å². The Balaban J connectivity index is 2.38. The van der Waals surface area contributed by atoms with Crippen molar-refractivity contribution in [3.8, 4) is 0 Å². The third kappa shape index (κ3) is 2.58. The molecule has 2 heterocycles. The highest BCUT2D eigenvalue weighted by molar-refractivity contribution is 5.99. The van der Waals surface area contributed by atoms with Gasteiger partial charge in [-0.25, -0.2) is 9.50 Å². The number of amides is 1. The van der Waals surface area contributed by atoms with Gasteiger partial charge in [0.15, 0.2) is 5.65 Å². The fourth-order valence-electron chi connectivity index (χ4n) is 1.97. The van der Waals surface area contributed by atoms with Crippen LogP contribution in [-0.2, 0) is 0 Å². The number of hydrogen-bond donors (Lipinski definition) is 2. The van der Waals surface area contributed by atoms with Crippen LogP contribution in [0.25, 0.3) is 5.65 Å². The van der Waals surface area contributed by atoms with Gasteiger partial charge >= 0.3 is 0 Å². The summed E-state index contributed by atoms with van der Waals surface area (Å²) in [6.45, 7) is 5.62. The summed E-state index contributed by atoms with van der Waals surface area (Å²) in [7, 11) is 0. The summed E-state index contributed by atoms with van der Waals surface area (Å²) in [5.74, 6) is -0.256. The summed E-state index contributed by atoms with van der Waals surface area (Å²) >= 11 is 0. The van der Waals surface area contributed by atoms with Gasteiger partial charge in [0, 0.05) is 11.4 Å². The molecule has 1 atom stereocenters. The van der Waals surface area contributed by atoms with Gasteiger partial charge in [0.2, 0.25) is 0 Å². The van der Waals surface area contributed by atoms with Crippen LogP contribution in [0.15, 0.2) is 12.3 Å². The standard InChI is InChI=1S/C13H18N4O2/c1-4-10(7-18)16-13(19)11-6-14-17-9(3)5-8(2)15-12(11)17/h5-6,10,18H,4,7H2,1-3H3,(H,16,19)/t10-/m1/s1. The largest absolute Gasteiger partial charge is 0.394 e. The van der Waals surface area contributed by atoms with Crippen molar-refractivity contribution in [3.05, 3.63) is 29.2 Å². The second-order valence-electron chi connectivity index (χ2n) is 4.59. The third-order valence-corrected chi connectivity index (χ3v) is 3.07. The van der Waals surface area contributed by atoms with E-state index in [4.69, 9.17) is 5.11 Å². The molecule has 0 saturated carbocycles. The first-order valence-electron chi connectivity index (χ1n) is 6.30. The van der Waals surface area contributed by atoms with Crippen molar-refractivity contribution in [2.24, 2.45) is 0 Å². The van der Waals surface area contributed by atoms with E-state index >= 15 is 0 Å². The number of rotatable bonds is 4. The SMILES string of the molecule is CC[C@H](CO)NC(=O)c1cnn2c(C)cc(C)nc12. The van der Waals surface area contributed by atoms with Gasteiger partial charge in [-0.15, -0.1) is 0 Å². The van der Waals surface area contributed by atoms with Crippen molar-refractivity contribution >= 4 is 11.6 Å². The average Bonchev–Trinajstić information content (AvgIpc) is 2.79. The molecule has 0 aliphatic rings. The summed E-state index contributed by atoms with van der Waals surface area (Å²) in [6, 6.07) is 1.66. The molecule has 0 unspecified atom stereocenters. The van der Waals surface area contributed by atoms with Crippen LogP contribution < -0.4 is 5.32 Å². The third-order valence-electron chi connectivity index (χ3n) is 3.07. The highest BCUT2D eigenvalue weighted by Gasteiger charge is 2.17. The van der Waals surface area contributed by atoms with Crippen molar-refractivity contribution in [2.75, 3.05) is 6.61 Å². The minimum Gasteiger partial charge on any atom is -0.394 e. The monoisotopic (exact) mass is 262 g/mol. The number of carbonyl (C=O) groups is 1. The number of hydrogen-bond acceptors (Lipinski definition) is 4. The van der Waals surface area contributed by atoms with Crippen molar-refractivity contribution in [2.45, 2.75) is 33.2 Å². The molecule has 2 rings (SSSR count). The molecule has 6 nitrogen and oxygen atoms in total. The van der Waals surface area contributed by atoms with Crippen LogP contribution in [0, 0.1) is 13.8 Å². The maximum absolute atomic E-state index is 12.2. The van der Waals surface area contributed by atoms with Gasteiger partial charge in [-0.1, -0.05) is 6.92 Å². The number of aliphatic hydroxyl groups is 1. The van der Waals surface area contributed by atoms with E-state index in [1.807, 2.05) is 26.8 Å². The lowest BCUT2D eigenvalue weighted by Crippen LogP contribution is -2.36. The Morgan fingerprint density at radius 2 is 2.26 bits per heavy atom. The van der Waals surface area contributed by atoms with Gasteiger partial charge in [0.1, 0.15) is 5.56 Å². The molecule has 0 radical (unpaired) electrons. The molecule has 0 spiro atoms. The lowest BCUT2D eigenvalue weighted by atomic mass is 10.2. The molecule has 19 heavy (non-hydrogen) atoms. The fourth-order valence-corrected chi connectivity index (χ4v) is 1.97. The smallest absolute Gasteiger partial charge is 0.257 e. The molecule has 0 aliphatic heterocycles. The number of aliphatic hydroxyl groups excluding tert-OH is 1. The van der Waals surface area contributed by atoms with Crippen LogP contribution in [0.2, 0.25) is 0 Å². The summed E-state index contributed by atoms with van der Waals surface area (Å²) < 4.78 is 1.64. The molecule has 1 amide bonds. The van der Waals surface area contributed by atoms with E-state index in [0.29, 0.717) is 17.6 Å². The Morgan fingerprint density at radius 3 is 2.89 bits per heavy atom. The highest BCUT2D eigenvalue weighted by Crippen LogP contribution is 2.12. The molecule has 102 valence electrons. The Labute approximate surface area is 111 Å². The van der Waals surface area contributed by atoms with E-state index in [2.05, 4.69) is 15.4 Å². The Hall–Kier alpha value is -1.95. The van der Waals surface area contributed by atoms with E-state index in [1.54, 1.807) is 4.52 Å².